The summed E-state index contributed by atoms with van der Waals surface area (Å²) >= 11 is 1.75. The molecule has 0 bridgehead atoms. The zero-order valence-electron chi connectivity index (χ0n) is 14.1. The summed E-state index contributed by atoms with van der Waals surface area (Å²) in [6.07, 6.45) is 2.14. The van der Waals surface area contributed by atoms with E-state index in [0.717, 1.165) is 48.7 Å². The van der Waals surface area contributed by atoms with Crippen LogP contribution in [0.4, 0.5) is 0 Å². The third kappa shape index (κ3) is 4.30. The first-order chi connectivity index (χ1) is 11.6. The van der Waals surface area contributed by atoms with Crippen LogP contribution < -0.4 is 10.6 Å². The Morgan fingerprint density at radius 2 is 2.04 bits per heavy atom. The van der Waals surface area contributed by atoms with Gasteiger partial charge in [0, 0.05) is 30.8 Å². The van der Waals surface area contributed by atoms with Gasteiger partial charge in [0.2, 0.25) is 11.8 Å². The highest BCUT2D eigenvalue weighted by atomic mass is 32.2. The summed E-state index contributed by atoms with van der Waals surface area (Å²) in [5.74, 6) is 1.98. The molecule has 2 aliphatic rings. The number of carbonyl (C=O) groups excluding carboxylic acids is 2. The fraction of sp³-hybridized carbons (Fsp3) is 0.556. The minimum absolute atomic E-state index is 0.0595. The maximum atomic E-state index is 12.5. The Hall–Kier alpha value is -1.53. The summed E-state index contributed by atoms with van der Waals surface area (Å²) in [6.45, 7) is 3.49. The van der Waals surface area contributed by atoms with Crippen LogP contribution in [-0.4, -0.2) is 53.5 Å². The van der Waals surface area contributed by atoms with Gasteiger partial charge in [-0.2, -0.15) is 0 Å². The van der Waals surface area contributed by atoms with Crippen molar-refractivity contribution in [2.75, 3.05) is 24.7 Å². The van der Waals surface area contributed by atoms with Crippen molar-refractivity contribution < 1.29 is 9.59 Å². The molecule has 24 heavy (non-hydrogen) atoms. The van der Waals surface area contributed by atoms with E-state index in [4.69, 9.17) is 0 Å². The van der Waals surface area contributed by atoms with Gasteiger partial charge in [-0.05, 0) is 30.9 Å². The number of nitrogens with zero attached hydrogens (tertiary/aromatic N) is 1. The molecule has 0 aliphatic carbocycles. The minimum atomic E-state index is -0.0595. The molecule has 0 aromatic heterocycles. The number of aryl methyl sites for hydroxylation is 1. The van der Waals surface area contributed by atoms with Gasteiger partial charge >= 0.3 is 0 Å². The first kappa shape index (κ1) is 17.3. The Kier molecular flexibility index (Phi) is 5.79. The third-order valence-electron chi connectivity index (χ3n) is 4.83. The van der Waals surface area contributed by atoms with Crippen LogP contribution in [0.5, 0.6) is 0 Å². The first-order valence-electron chi connectivity index (χ1n) is 8.57. The van der Waals surface area contributed by atoms with E-state index in [1.165, 1.54) is 0 Å². The van der Waals surface area contributed by atoms with E-state index in [2.05, 4.69) is 10.6 Å². The van der Waals surface area contributed by atoms with Gasteiger partial charge in [0.05, 0.1) is 12.5 Å². The molecule has 2 fully saturated rings. The van der Waals surface area contributed by atoms with Crippen LogP contribution in [0, 0.1) is 6.92 Å². The third-order valence-corrected chi connectivity index (χ3v) is 5.77. The standard InChI is InChI=1S/C18H25N3O2S/c1-13-4-2-3-5-14(13)10-17(22)21-8-6-15(7-9-21)20-18(23)16-11-24-12-19-16/h2-5,15-16,19H,6-12H2,1H3,(H,20,23). The smallest absolute Gasteiger partial charge is 0.238 e. The lowest BCUT2D eigenvalue weighted by atomic mass is 10.0. The quantitative estimate of drug-likeness (QED) is 0.862. The Morgan fingerprint density at radius 3 is 2.71 bits per heavy atom. The molecule has 0 saturated carbocycles. The molecule has 2 amide bonds. The molecule has 2 heterocycles. The van der Waals surface area contributed by atoms with E-state index in [0.29, 0.717) is 6.42 Å². The van der Waals surface area contributed by atoms with E-state index in [1.807, 2.05) is 36.1 Å². The summed E-state index contributed by atoms with van der Waals surface area (Å²) in [7, 11) is 0. The summed E-state index contributed by atoms with van der Waals surface area (Å²) < 4.78 is 0. The van der Waals surface area contributed by atoms with Crippen LogP contribution >= 0.6 is 11.8 Å². The van der Waals surface area contributed by atoms with Gasteiger partial charge in [-0.1, -0.05) is 24.3 Å². The Labute approximate surface area is 147 Å². The van der Waals surface area contributed by atoms with Gasteiger partial charge in [0.25, 0.3) is 0 Å². The van der Waals surface area contributed by atoms with Crippen molar-refractivity contribution in [3.63, 3.8) is 0 Å². The number of thioether (sulfide) groups is 1. The number of rotatable bonds is 4. The number of likely N-dealkylation sites (tertiary alicyclic amines) is 1. The van der Waals surface area contributed by atoms with Crippen molar-refractivity contribution in [1.82, 2.24) is 15.5 Å². The molecule has 5 nitrogen and oxygen atoms in total. The summed E-state index contributed by atoms with van der Waals surface area (Å²) in [4.78, 5) is 26.6. The summed E-state index contributed by atoms with van der Waals surface area (Å²) in [5.41, 5.74) is 2.26. The number of amides is 2. The number of benzene rings is 1. The van der Waals surface area contributed by atoms with E-state index >= 15 is 0 Å². The van der Waals surface area contributed by atoms with E-state index in [1.54, 1.807) is 11.8 Å². The number of hydrogen-bond acceptors (Lipinski definition) is 4. The predicted octanol–water partition coefficient (Wildman–Crippen LogP) is 1.31. The number of nitrogens with one attached hydrogen (secondary N) is 2. The second-order valence-corrected chi connectivity index (χ2v) is 7.57. The molecule has 1 aromatic carbocycles. The zero-order valence-corrected chi connectivity index (χ0v) is 14.9. The Bertz CT molecular complexity index is 594. The van der Waals surface area contributed by atoms with Gasteiger partial charge in [-0.15, -0.1) is 11.8 Å². The number of carbonyl (C=O) groups is 2. The second kappa shape index (κ2) is 8.03. The lowest BCUT2D eigenvalue weighted by molar-refractivity contribution is -0.131. The van der Waals surface area contributed by atoms with Crippen LogP contribution in [0.25, 0.3) is 0 Å². The highest BCUT2D eigenvalue weighted by molar-refractivity contribution is 7.99. The Morgan fingerprint density at radius 1 is 1.29 bits per heavy atom. The number of hydrogen-bond donors (Lipinski definition) is 2. The molecule has 3 rings (SSSR count). The first-order valence-corrected chi connectivity index (χ1v) is 9.73. The van der Waals surface area contributed by atoms with Crippen molar-refractivity contribution in [1.29, 1.82) is 0 Å². The lowest BCUT2D eigenvalue weighted by Gasteiger charge is -2.33. The SMILES string of the molecule is Cc1ccccc1CC(=O)N1CCC(NC(=O)C2CSCN2)CC1. The monoisotopic (exact) mass is 347 g/mol. The second-order valence-electron chi connectivity index (χ2n) is 6.54. The van der Waals surface area contributed by atoms with Crippen molar-refractivity contribution >= 4 is 23.6 Å². The fourth-order valence-corrected chi connectivity index (χ4v) is 4.16. The van der Waals surface area contributed by atoms with Crippen molar-refractivity contribution in [3.8, 4) is 0 Å². The van der Waals surface area contributed by atoms with Gasteiger partial charge in [0.1, 0.15) is 0 Å². The molecule has 1 atom stereocenters. The molecule has 2 N–H and O–H groups in total. The van der Waals surface area contributed by atoms with Crippen molar-refractivity contribution in [2.45, 2.75) is 38.3 Å². The summed E-state index contributed by atoms with van der Waals surface area (Å²) in [5, 5.41) is 6.32. The molecular formula is C18H25N3O2S. The molecule has 130 valence electrons. The fourth-order valence-electron chi connectivity index (χ4n) is 3.22. The van der Waals surface area contributed by atoms with E-state index in [-0.39, 0.29) is 23.9 Å². The molecule has 0 spiro atoms. The van der Waals surface area contributed by atoms with Gasteiger partial charge in [0.15, 0.2) is 0 Å². The molecule has 0 radical (unpaired) electrons. The van der Waals surface area contributed by atoms with Gasteiger partial charge in [-0.3, -0.25) is 14.9 Å². The predicted molar refractivity (Wildman–Crippen MR) is 96.9 cm³/mol. The summed E-state index contributed by atoms with van der Waals surface area (Å²) in [6, 6.07) is 8.16. The molecular weight excluding hydrogens is 322 g/mol. The average molecular weight is 347 g/mol. The van der Waals surface area contributed by atoms with E-state index in [9.17, 15) is 9.59 Å². The largest absolute Gasteiger partial charge is 0.352 e. The molecule has 2 aliphatic heterocycles. The normalized spacial score (nSPS) is 21.7. The zero-order chi connectivity index (χ0) is 16.9. The lowest BCUT2D eigenvalue weighted by Crippen LogP contribution is -2.51. The van der Waals surface area contributed by atoms with Crippen LogP contribution in [0.2, 0.25) is 0 Å². The van der Waals surface area contributed by atoms with Gasteiger partial charge in [-0.25, -0.2) is 0 Å². The van der Waals surface area contributed by atoms with Crippen LogP contribution in [0.15, 0.2) is 24.3 Å². The van der Waals surface area contributed by atoms with Crippen molar-refractivity contribution in [2.24, 2.45) is 0 Å². The average Bonchev–Trinajstić information content (AvgIpc) is 3.12. The van der Waals surface area contributed by atoms with Crippen LogP contribution in [0.3, 0.4) is 0 Å². The molecule has 6 heteroatoms. The van der Waals surface area contributed by atoms with Crippen molar-refractivity contribution in [3.05, 3.63) is 35.4 Å². The highest BCUT2D eigenvalue weighted by Gasteiger charge is 2.28. The maximum absolute atomic E-state index is 12.5. The minimum Gasteiger partial charge on any atom is -0.352 e. The number of piperidine rings is 1. The highest BCUT2D eigenvalue weighted by Crippen LogP contribution is 2.15. The van der Waals surface area contributed by atoms with E-state index < -0.39 is 0 Å². The van der Waals surface area contributed by atoms with Crippen LogP contribution in [-0.2, 0) is 16.0 Å². The molecule has 1 aromatic rings. The topological polar surface area (TPSA) is 61.4 Å². The molecule has 2 saturated heterocycles. The van der Waals surface area contributed by atoms with Crippen LogP contribution in [0.1, 0.15) is 24.0 Å². The molecule has 1 unspecified atom stereocenters. The Balaban J connectivity index is 1.45. The maximum Gasteiger partial charge on any atom is 0.238 e. The van der Waals surface area contributed by atoms with Gasteiger partial charge < -0.3 is 10.2 Å².